The van der Waals surface area contributed by atoms with E-state index in [1.165, 1.54) is 24.1 Å². The molecule has 1 fully saturated rings. The molecule has 1 saturated carbocycles. The normalized spacial score (nSPS) is 25.8. The van der Waals surface area contributed by atoms with Crippen molar-refractivity contribution in [1.82, 2.24) is 4.98 Å². The monoisotopic (exact) mass is 242 g/mol. The summed E-state index contributed by atoms with van der Waals surface area (Å²) in [5.74, 6) is 0.759. The molecule has 0 aliphatic heterocycles. The van der Waals surface area contributed by atoms with Crippen LogP contribution in [0.5, 0.6) is 0 Å². The summed E-state index contributed by atoms with van der Waals surface area (Å²) in [6, 6.07) is 4.97. The minimum atomic E-state index is 0.311. The molecule has 3 rings (SSSR count). The second-order valence-electron chi connectivity index (χ2n) is 5.38. The first-order chi connectivity index (χ1) is 8.76. The van der Waals surface area contributed by atoms with Crippen molar-refractivity contribution in [3.8, 4) is 6.07 Å². The molecular formula is C14H18N4. The first-order valence-corrected chi connectivity index (χ1v) is 6.71. The predicted octanol–water partition coefficient (Wildman–Crippen LogP) is 1.73. The van der Waals surface area contributed by atoms with Gasteiger partial charge in [-0.3, -0.25) is 0 Å². The van der Waals surface area contributed by atoms with Crippen molar-refractivity contribution in [2.45, 2.75) is 50.6 Å². The molecular weight excluding hydrogens is 224 g/mol. The van der Waals surface area contributed by atoms with Gasteiger partial charge in [0.15, 0.2) is 0 Å². The van der Waals surface area contributed by atoms with Crippen molar-refractivity contribution in [3.63, 3.8) is 0 Å². The maximum atomic E-state index is 9.22. The Hall–Kier alpha value is -1.60. The Morgan fingerprint density at radius 1 is 1.33 bits per heavy atom. The Labute approximate surface area is 107 Å². The van der Waals surface area contributed by atoms with Crippen molar-refractivity contribution in [1.29, 1.82) is 5.26 Å². The van der Waals surface area contributed by atoms with Gasteiger partial charge in [-0.05, 0) is 50.2 Å². The summed E-state index contributed by atoms with van der Waals surface area (Å²) in [6.45, 7) is 0. The fourth-order valence-corrected chi connectivity index (χ4v) is 2.80. The molecule has 4 nitrogen and oxygen atoms in total. The predicted molar refractivity (Wildman–Crippen MR) is 70.2 cm³/mol. The number of rotatable bonds is 2. The van der Waals surface area contributed by atoms with Gasteiger partial charge in [0.1, 0.15) is 11.9 Å². The summed E-state index contributed by atoms with van der Waals surface area (Å²) in [7, 11) is 0. The van der Waals surface area contributed by atoms with Crippen LogP contribution >= 0.6 is 0 Å². The average Bonchev–Trinajstić information content (AvgIpc) is 2.36. The molecule has 0 unspecified atom stereocenters. The van der Waals surface area contributed by atoms with Crippen LogP contribution in [0, 0.1) is 11.3 Å². The van der Waals surface area contributed by atoms with E-state index in [9.17, 15) is 5.26 Å². The Kier molecular flexibility index (Phi) is 2.92. The van der Waals surface area contributed by atoms with Crippen LogP contribution in [0.3, 0.4) is 0 Å². The molecule has 0 aromatic carbocycles. The molecule has 18 heavy (non-hydrogen) atoms. The lowest BCUT2D eigenvalue weighted by atomic mass is 9.87. The maximum absolute atomic E-state index is 9.22. The lowest BCUT2D eigenvalue weighted by Gasteiger charge is -2.33. The molecule has 0 bridgehead atoms. The fraction of sp³-hybridized carbons (Fsp3) is 0.571. The summed E-state index contributed by atoms with van der Waals surface area (Å²) in [5.41, 5.74) is 8.89. The Morgan fingerprint density at radius 2 is 2.11 bits per heavy atom. The SMILES string of the molecule is N#Cc1cc2c(nc1NC1CC(N)C1)CCCC2. The number of nitrogens with two attached hydrogens (primary N) is 1. The van der Waals surface area contributed by atoms with Gasteiger partial charge in [-0.1, -0.05) is 0 Å². The highest BCUT2D eigenvalue weighted by molar-refractivity contribution is 5.55. The average molecular weight is 242 g/mol. The number of hydrogen-bond acceptors (Lipinski definition) is 4. The topological polar surface area (TPSA) is 74.7 Å². The second kappa shape index (κ2) is 4.58. The number of aryl methyl sites for hydroxylation is 2. The molecule has 1 aromatic rings. The highest BCUT2D eigenvalue weighted by Gasteiger charge is 2.27. The fourth-order valence-electron chi connectivity index (χ4n) is 2.80. The van der Waals surface area contributed by atoms with E-state index >= 15 is 0 Å². The first-order valence-electron chi connectivity index (χ1n) is 6.71. The third kappa shape index (κ3) is 2.06. The van der Waals surface area contributed by atoms with Gasteiger partial charge in [0, 0.05) is 17.8 Å². The minimum absolute atomic E-state index is 0.311. The Bertz CT molecular complexity index is 497. The van der Waals surface area contributed by atoms with E-state index in [0.717, 1.165) is 31.5 Å². The van der Waals surface area contributed by atoms with E-state index in [-0.39, 0.29) is 0 Å². The summed E-state index contributed by atoms with van der Waals surface area (Å²) in [5, 5.41) is 12.6. The molecule has 0 atom stereocenters. The van der Waals surface area contributed by atoms with Crippen molar-refractivity contribution < 1.29 is 0 Å². The van der Waals surface area contributed by atoms with Gasteiger partial charge < -0.3 is 11.1 Å². The van der Waals surface area contributed by atoms with E-state index in [1.54, 1.807) is 0 Å². The largest absolute Gasteiger partial charge is 0.366 e. The van der Waals surface area contributed by atoms with Crippen LogP contribution < -0.4 is 11.1 Å². The molecule has 1 aromatic heterocycles. The van der Waals surface area contributed by atoms with E-state index in [1.807, 2.05) is 6.07 Å². The smallest absolute Gasteiger partial charge is 0.144 e. The van der Waals surface area contributed by atoms with Gasteiger partial charge in [0.05, 0.1) is 5.56 Å². The number of nitrogens with zero attached hydrogens (tertiary/aromatic N) is 2. The molecule has 0 amide bonds. The molecule has 1 heterocycles. The summed E-state index contributed by atoms with van der Waals surface area (Å²) < 4.78 is 0. The number of hydrogen-bond donors (Lipinski definition) is 2. The zero-order chi connectivity index (χ0) is 12.5. The van der Waals surface area contributed by atoms with E-state index in [0.29, 0.717) is 17.6 Å². The standard InChI is InChI=1S/C14H18N4/c15-8-10-5-9-3-1-2-4-13(9)18-14(10)17-12-6-11(16)7-12/h5,11-12H,1-4,6-7,16H2,(H,17,18). The first kappa shape index (κ1) is 11.5. The van der Waals surface area contributed by atoms with Gasteiger partial charge >= 0.3 is 0 Å². The second-order valence-corrected chi connectivity index (χ2v) is 5.38. The van der Waals surface area contributed by atoms with Gasteiger partial charge in [-0.2, -0.15) is 5.26 Å². The minimum Gasteiger partial charge on any atom is -0.366 e. The Balaban J connectivity index is 1.85. The summed E-state index contributed by atoms with van der Waals surface area (Å²) in [6.07, 6.45) is 6.47. The van der Waals surface area contributed by atoms with Crippen LogP contribution in [0.1, 0.15) is 42.5 Å². The van der Waals surface area contributed by atoms with Gasteiger partial charge in [-0.15, -0.1) is 0 Å². The lowest BCUT2D eigenvalue weighted by Crippen LogP contribution is -2.44. The molecule has 3 N–H and O–H groups in total. The van der Waals surface area contributed by atoms with Crippen LogP contribution in [0.25, 0.3) is 0 Å². The number of anilines is 1. The highest BCUT2D eigenvalue weighted by atomic mass is 15.0. The number of pyridine rings is 1. The van der Waals surface area contributed by atoms with E-state index < -0.39 is 0 Å². The van der Waals surface area contributed by atoms with Crippen LogP contribution in [0.2, 0.25) is 0 Å². The molecule has 94 valence electrons. The van der Waals surface area contributed by atoms with Gasteiger partial charge in [0.2, 0.25) is 0 Å². The molecule has 4 heteroatoms. The third-order valence-electron chi connectivity index (χ3n) is 3.94. The van der Waals surface area contributed by atoms with Gasteiger partial charge in [0.25, 0.3) is 0 Å². The van der Waals surface area contributed by atoms with Crippen LogP contribution in [-0.4, -0.2) is 17.1 Å². The van der Waals surface area contributed by atoms with Crippen molar-refractivity contribution in [3.05, 3.63) is 22.9 Å². The van der Waals surface area contributed by atoms with Crippen molar-refractivity contribution >= 4 is 5.82 Å². The molecule has 2 aliphatic rings. The number of fused-ring (bicyclic) bond motifs is 1. The lowest BCUT2D eigenvalue weighted by molar-refractivity contribution is 0.373. The zero-order valence-electron chi connectivity index (χ0n) is 10.4. The number of aromatic nitrogens is 1. The summed E-state index contributed by atoms with van der Waals surface area (Å²) >= 11 is 0. The molecule has 0 spiro atoms. The van der Waals surface area contributed by atoms with Crippen LogP contribution in [0.15, 0.2) is 6.07 Å². The summed E-state index contributed by atoms with van der Waals surface area (Å²) in [4.78, 5) is 4.66. The Morgan fingerprint density at radius 3 is 2.83 bits per heavy atom. The van der Waals surface area contributed by atoms with Crippen molar-refractivity contribution in [2.24, 2.45) is 5.73 Å². The molecule has 0 saturated heterocycles. The maximum Gasteiger partial charge on any atom is 0.144 e. The van der Waals surface area contributed by atoms with E-state index in [2.05, 4.69) is 16.4 Å². The number of nitriles is 1. The van der Waals surface area contributed by atoms with E-state index in [4.69, 9.17) is 5.73 Å². The zero-order valence-corrected chi connectivity index (χ0v) is 10.4. The van der Waals surface area contributed by atoms with Crippen LogP contribution in [0.4, 0.5) is 5.82 Å². The third-order valence-corrected chi connectivity index (χ3v) is 3.94. The quantitative estimate of drug-likeness (QED) is 0.828. The van der Waals surface area contributed by atoms with Gasteiger partial charge in [-0.25, -0.2) is 4.98 Å². The van der Waals surface area contributed by atoms with Crippen LogP contribution in [-0.2, 0) is 12.8 Å². The molecule has 0 radical (unpaired) electrons. The molecule has 2 aliphatic carbocycles. The van der Waals surface area contributed by atoms with Crippen molar-refractivity contribution in [2.75, 3.05) is 5.32 Å². The number of nitrogens with one attached hydrogen (secondary N) is 1. The highest BCUT2D eigenvalue weighted by Crippen LogP contribution is 2.27.